The van der Waals surface area contributed by atoms with E-state index in [2.05, 4.69) is 61.7 Å². The van der Waals surface area contributed by atoms with Crippen molar-refractivity contribution in [2.24, 2.45) is 0 Å². The van der Waals surface area contributed by atoms with Gasteiger partial charge in [-0.1, -0.05) is 57.2 Å². The van der Waals surface area contributed by atoms with Gasteiger partial charge in [-0.3, -0.25) is 14.4 Å². The molecule has 0 unspecified atom stereocenters. The Bertz CT molecular complexity index is 1980. The van der Waals surface area contributed by atoms with Gasteiger partial charge < -0.3 is 35.1 Å². The topological polar surface area (TPSA) is 165 Å². The lowest BCUT2D eigenvalue weighted by atomic mass is 10.00. The van der Waals surface area contributed by atoms with Crippen LogP contribution in [0, 0.1) is 0 Å². The first-order valence-corrected chi connectivity index (χ1v) is 17.4. The van der Waals surface area contributed by atoms with E-state index >= 15 is 0 Å². The molecule has 13 nitrogen and oxygen atoms in total. The number of hydrogen-bond donors (Lipinski definition) is 4. The second kappa shape index (κ2) is 17.3. The molecule has 0 atom stereocenters. The number of hydrogen-bond acceptors (Lipinski definition) is 7. The molecule has 0 radical (unpaired) electrons. The third-order valence-electron chi connectivity index (χ3n) is 8.47. The van der Waals surface area contributed by atoms with Gasteiger partial charge in [0.25, 0.3) is 0 Å². The largest absolute Gasteiger partial charge is 0.453 e. The molecule has 2 aromatic heterocycles. The van der Waals surface area contributed by atoms with Crippen molar-refractivity contribution in [3.05, 3.63) is 72.3 Å². The summed E-state index contributed by atoms with van der Waals surface area (Å²) in [4.78, 5) is 68.4. The monoisotopic (exact) mass is 694 g/mol. The molecule has 5 aromatic rings. The first kappa shape index (κ1) is 36.6. The summed E-state index contributed by atoms with van der Waals surface area (Å²) in [6.45, 7) is 7.50. The number of methoxy groups -OCH3 is 1. The number of carbonyl (C=O) groups excluding carboxylic acids is 4. The molecule has 0 aliphatic heterocycles. The quantitative estimate of drug-likeness (QED) is 0.106. The van der Waals surface area contributed by atoms with E-state index in [1.807, 2.05) is 45.0 Å². The molecular weight excluding hydrogens is 648 g/mol. The van der Waals surface area contributed by atoms with Crippen molar-refractivity contribution in [2.75, 3.05) is 33.3 Å². The number of amides is 4. The van der Waals surface area contributed by atoms with Crippen molar-refractivity contribution in [2.45, 2.75) is 59.5 Å². The van der Waals surface area contributed by atoms with E-state index in [-0.39, 0.29) is 30.8 Å². The van der Waals surface area contributed by atoms with Crippen LogP contribution in [0.3, 0.4) is 0 Å². The number of carbonyl (C=O) groups is 4. The molecule has 0 fully saturated rings. The van der Waals surface area contributed by atoms with Crippen LogP contribution in [0.4, 0.5) is 4.79 Å². The van der Waals surface area contributed by atoms with Crippen LogP contribution < -0.4 is 10.6 Å². The lowest BCUT2D eigenvalue weighted by Crippen LogP contribution is -2.40. The molecule has 5 rings (SSSR count). The number of nitrogens with one attached hydrogen (secondary N) is 4. The number of nitrogens with zero attached hydrogens (tertiary/aromatic N) is 4. The summed E-state index contributed by atoms with van der Waals surface area (Å²) < 4.78 is 4.57. The van der Waals surface area contributed by atoms with Crippen LogP contribution in [0.15, 0.2) is 60.7 Å². The molecular formula is C38H46N8O5. The molecule has 3 aromatic carbocycles. The van der Waals surface area contributed by atoms with Crippen molar-refractivity contribution in [1.29, 1.82) is 0 Å². The van der Waals surface area contributed by atoms with Gasteiger partial charge in [-0.25, -0.2) is 14.8 Å². The summed E-state index contributed by atoms with van der Waals surface area (Å²) in [5, 5.41) is 5.16. The zero-order chi connectivity index (χ0) is 36.3. The van der Waals surface area contributed by atoms with E-state index < -0.39 is 6.09 Å². The molecule has 0 saturated carbocycles. The first-order valence-electron chi connectivity index (χ1n) is 17.4. The predicted octanol–water partition coefficient (Wildman–Crippen LogP) is 5.52. The fourth-order valence-corrected chi connectivity index (χ4v) is 5.91. The molecule has 13 heteroatoms. The second-order valence-corrected chi connectivity index (χ2v) is 12.4. The van der Waals surface area contributed by atoms with E-state index in [0.717, 1.165) is 63.6 Å². The number of benzene rings is 3. The lowest BCUT2D eigenvalue weighted by molar-refractivity contribution is -0.133. The predicted molar refractivity (Wildman–Crippen MR) is 196 cm³/mol. The normalized spacial score (nSPS) is 11.1. The highest BCUT2D eigenvalue weighted by Crippen LogP contribution is 2.29. The Labute approximate surface area is 297 Å². The zero-order valence-electron chi connectivity index (χ0n) is 29.7. The van der Waals surface area contributed by atoms with Gasteiger partial charge in [-0.15, -0.1) is 0 Å². The molecule has 0 bridgehead atoms. The summed E-state index contributed by atoms with van der Waals surface area (Å²) in [5.74, 6) is 0.888. The van der Waals surface area contributed by atoms with Crippen LogP contribution in [0.2, 0.25) is 0 Å². The van der Waals surface area contributed by atoms with E-state index in [1.54, 1.807) is 9.80 Å². The highest BCUT2D eigenvalue weighted by molar-refractivity contribution is 5.86. The minimum atomic E-state index is -0.648. The standard InChI is InChI=1S/C38H46N8O5/c1-5-8-35(47)39-21-36(48)45(17-6-2)23-33-41-29-15-13-27(19-31(29)43-33)25-9-11-26(12-10-25)28-14-16-30-32(20-28)44-34(42-30)24-46(18-7-3)37(49)22-40-38(50)51-4/h9-16,19-20H,5-8,17-18,21-24H2,1-4H3,(H,39,47)(H,40,50)(H,41,43)(H,42,44). The fraction of sp³-hybridized carbons (Fsp3) is 0.368. The molecule has 0 saturated heterocycles. The van der Waals surface area contributed by atoms with Crippen LogP contribution in [0.25, 0.3) is 44.3 Å². The van der Waals surface area contributed by atoms with Crippen LogP contribution in [-0.4, -0.2) is 86.8 Å². The minimum Gasteiger partial charge on any atom is -0.453 e. The fourth-order valence-electron chi connectivity index (χ4n) is 5.91. The van der Waals surface area contributed by atoms with Gasteiger partial charge in [0.1, 0.15) is 18.2 Å². The van der Waals surface area contributed by atoms with Gasteiger partial charge >= 0.3 is 6.09 Å². The van der Waals surface area contributed by atoms with Crippen molar-refractivity contribution >= 4 is 45.9 Å². The van der Waals surface area contributed by atoms with Gasteiger partial charge in [-0.05, 0) is 65.8 Å². The Morgan fingerprint density at radius 2 is 1.10 bits per heavy atom. The average molecular weight is 695 g/mol. The second-order valence-electron chi connectivity index (χ2n) is 12.4. The Morgan fingerprint density at radius 3 is 1.53 bits per heavy atom. The van der Waals surface area contributed by atoms with Crippen molar-refractivity contribution in [3.63, 3.8) is 0 Å². The number of aromatic nitrogens is 4. The Hall–Kier alpha value is -5.72. The molecule has 51 heavy (non-hydrogen) atoms. The van der Waals surface area contributed by atoms with Crippen molar-refractivity contribution in [1.82, 2.24) is 40.4 Å². The van der Waals surface area contributed by atoms with Crippen LogP contribution in [0.1, 0.15) is 58.1 Å². The van der Waals surface area contributed by atoms with Crippen LogP contribution in [0.5, 0.6) is 0 Å². The smallest absolute Gasteiger partial charge is 0.407 e. The maximum Gasteiger partial charge on any atom is 0.407 e. The number of rotatable bonds is 16. The van der Waals surface area contributed by atoms with E-state index in [9.17, 15) is 19.2 Å². The molecule has 268 valence electrons. The highest BCUT2D eigenvalue weighted by Gasteiger charge is 2.18. The number of ether oxygens (including phenoxy) is 1. The number of imidazole rings is 2. The summed E-state index contributed by atoms with van der Waals surface area (Å²) in [6.07, 6.45) is 2.06. The number of aromatic amines is 2. The Morgan fingerprint density at radius 1 is 0.647 bits per heavy atom. The summed E-state index contributed by atoms with van der Waals surface area (Å²) in [6, 6.07) is 20.5. The van der Waals surface area contributed by atoms with Crippen molar-refractivity contribution < 1.29 is 23.9 Å². The van der Waals surface area contributed by atoms with Crippen molar-refractivity contribution in [3.8, 4) is 22.3 Å². The van der Waals surface area contributed by atoms with Gasteiger partial charge in [0, 0.05) is 19.5 Å². The number of alkyl carbamates (subject to hydrolysis) is 1. The third kappa shape index (κ3) is 9.50. The SMILES string of the molecule is CCCC(=O)NCC(=O)N(CCC)Cc1nc2ccc(-c3ccc(-c4ccc5nc(CN(CCC)C(=O)CNC(=O)OC)[nH]c5c4)cc3)cc2[nH]1. The van der Waals surface area contributed by atoms with Gasteiger partial charge in [0.05, 0.1) is 48.8 Å². The Kier molecular flexibility index (Phi) is 12.4. The first-order chi connectivity index (χ1) is 24.7. The van der Waals surface area contributed by atoms with Gasteiger partial charge in [0.2, 0.25) is 17.7 Å². The lowest BCUT2D eigenvalue weighted by Gasteiger charge is -2.21. The minimum absolute atomic E-state index is 0.0189. The molecule has 0 aliphatic carbocycles. The maximum atomic E-state index is 12.9. The maximum absolute atomic E-state index is 12.9. The van der Waals surface area contributed by atoms with E-state index in [4.69, 9.17) is 9.97 Å². The van der Waals surface area contributed by atoms with Gasteiger partial charge in [-0.2, -0.15) is 0 Å². The van der Waals surface area contributed by atoms with E-state index in [1.165, 1.54) is 7.11 Å². The summed E-state index contributed by atoms with van der Waals surface area (Å²) in [7, 11) is 1.26. The molecule has 4 amide bonds. The van der Waals surface area contributed by atoms with Crippen LogP contribution in [-0.2, 0) is 32.2 Å². The van der Waals surface area contributed by atoms with Crippen LogP contribution >= 0.6 is 0 Å². The summed E-state index contributed by atoms with van der Waals surface area (Å²) >= 11 is 0. The third-order valence-corrected chi connectivity index (χ3v) is 8.47. The number of H-pyrrole nitrogens is 2. The molecule has 2 heterocycles. The molecule has 0 spiro atoms. The molecule has 4 N–H and O–H groups in total. The van der Waals surface area contributed by atoms with E-state index in [0.29, 0.717) is 44.2 Å². The number of fused-ring (bicyclic) bond motifs is 2. The molecule has 0 aliphatic rings. The average Bonchev–Trinajstić information content (AvgIpc) is 3.74. The summed E-state index contributed by atoms with van der Waals surface area (Å²) in [5.41, 5.74) is 7.52. The highest BCUT2D eigenvalue weighted by atomic mass is 16.5. The Balaban J connectivity index is 1.26. The van der Waals surface area contributed by atoms with Gasteiger partial charge in [0.15, 0.2) is 0 Å². The zero-order valence-corrected chi connectivity index (χ0v) is 29.7.